The molecule has 60 heavy (non-hydrogen) atoms. The Bertz CT molecular complexity index is 2040. The number of rotatable bonds is 14. The molecule has 6 rings (SSSR count). The normalized spacial score (nSPS) is 14.9. The molecule has 2 aromatic carbocycles. The van der Waals surface area contributed by atoms with Crippen molar-refractivity contribution in [2.75, 3.05) is 37.8 Å². The number of aliphatic hydroxyl groups is 2. The van der Waals surface area contributed by atoms with E-state index >= 15 is 0 Å². The quantitative estimate of drug-likeness (QED) is 0.00962. The monoisotopic (exact) mass is 910 g/mol. The molecule has 2 aliphatic carbocycles. The SMILES string of the molecule is NC1CCc2ccc(F)cc21.O=C(CSc1nonc1/C(Cl)=N/O)NCCO.O=C(CSc1nonc1C(=NC1CCc2ccc(F)cc21)NO)NCCO.O=CO[O-].[Na+]. The van der Waals surface area contributed by atoms with Crippen molar-refractivity contribution in [1.82, 2.24) is 36.7 Å². The summed E-state index contributed by atoms with van der Waals surface area (Å²) in [5, 5.41) is 65.9. The van der Waals surface area contributed by atoms with Gasteiger partial charge >= 0.3 is 29.6 Å². The number of nitrogens with zero attached hydrogens (tertiary/aromatic N) is 6. The molecule has 0 bridgehead atoms. The van der Waals surface area contributed by atoms with Gasteiger partial charge in [0.05, 0.1) is 30.8 Å². The Morgan fingerprint density at radius 1 is 0.917 bits per heavy atom. The van der Waals surface area contributed by atoms with Crippen LogP contribution in [0.25, 0.3) is 0 Å². The number of nitrogens with two attached hydrogens (primary N) is 1. The maximum Gasteiger partial charge on any atom is 1.00 e. The molecule has 0 fully saturated rings. The first-order valence-electron chi connectivity index (χ1n) is 17.1. The second kappa shape index (κ2) is 28.3. The van der Waals surface area contributed by atoms with Crippen LogP contribution < -0.4 is 56.7 Å². The number of hydrogen-bond donors (Lipinski definition) is 8. The second-order valence-electron chi connectivity index (χ2n) is 11.6. The number of aryl methyl sites for hydroxylation is 2. The third-order valence-electron chi connectivity index (χ3n) is 7.79. The molecular weight excluding hydrogens is 873 g/mol. The second-order valence-corrected chi connectivity index (χ2v) is 13.9. The number of amides is 2. The fourth-order valence-corrected chi connectivity index (χ4v) is 6.85. The molecule has 21 nitrogen and oxygen atoms in total. The van der Waals surface area contributed by atoms with E-state index in [9.17, 15) is 23.6 Å². The molecule has 0 spiro atoms. The Labute approximate surface area is 375 Å². The summed E-state index contributed by atoms with van der Waals surface area (Å²) in [6, 6.07) is 9.17. The average molecular weight is 911 g/mol. The summed E-state index contributed by atoms with van der Waals surface area (Å²) in [5.41, 5.74) is 11.9. The smallest absolute Gasteiger partial charge is 0.662 e. The first kappa shape index (κ1) is 51.9. The Morgan fingerprint density at radius 2 is 1.42 bits per heavy atom. The van der Waals surface area contributed by atoms with Gasteiger partial charge < -0.3 is 41.9 Å². The molecule has 4 aromatic rings. The minimum atomic E-state index is -0.345. The third-order valence-corrected chi connectivity index (χ3v) is 9.94. The molecule has 27 heteroatoms. The van der Waals surface area contributed by atoms with Crippen LogP contribution in [0.2, 0.25) is 0 Å². The number of carbonyl (C=O) groups is 3. The van der Waals surface area contributed by atoms with Gasteiger partial charge in [0.1, 0.15) is 11.6 Å². The first-order valence-corrected chi connectivity index (χ1v) is 19.4. The number of hydroxylamine groups is 1. The minimum absolute atomic E-state index is 0. The fraction of sp³-hybridized carbons (Fsp3) is 0.364. The molecule has 0 saturated carbocycles. The van der Waals surface area contributed by atoms with Gasteiger partial charge in [-0.15, -0.1) is 0 Å². The number of fused-ring (bicyclic) bond motifs is 2. The molecule has 2 amide bonds. The maximum absolute atomic E-state index is 13.5. The molecule has 0 radical (unpaired) electrons. The van der Waals surface area contributed by atoms with E-state index in [1.165, 1.54) is 23.8 Å². The Balaban J connectivity index is 0.000000320. The van der Waals surface area contributed by atoms with E-state index in [1.807, 2.05) is 11.5 Å². The summed E-state index contributed by atoms with van der Waals surface area (Å²) < 4.78 is 35.4. The zero-order chi connectivity index (χ0) is 43.2. The van der Waals surface area contributed by atoms with Crippen LogP contribution in [0, 0.1) is 11.6 Å². The van der Waals surface area contributed by atoms with Crippen LogP contribution in [0.5, 0.6) is 0 Å². The van der Waals surface area contributed by atoms with Gasteiger partial charge in [0, 0.05) is 19.1 Å². The molecular formula is C33H38ClF2N10NaO11S2. The van der Waals surface area contributed by atoms with Crippen molar-refractivity contribution in [1.29, 1.82) is 0 Å². The van der Waals surface area contributed by atoms with Crippen LogP contribution in [0.1, 0.15) is 58.6 Å². The summed E-state index contributed by atoms with van der Waals surface area (Å²) in [4.78, 5) is 38.5. The van der Waals surface area contributed by atoms with Gasteiger partial charge in [-0.1, -0.05) is 52.4 Å². The number of amidine groups is 1. The van der Waals surface area contributed by atoms with Crippen LogP contribution in [0.3, 0.4) is 0 Å². The van der Waals surface area contributed by atoms with E-state index < -0.39 is 0 Å². The number of aliphatic hydroxyl groups excluding tert-OH is 2. The summed E-state index contributed by atoms with van der Waals surface area (Å²) in [6.45, 7) is -0.119. The van der Waals surface area contributed by atoms with Crippen molar-refractivity contribution in [3.63, 3.8) is 0 Å². The van der Waals surface area contributed by atoms with Crippen molar-refractivity contribution in [3.05, 3.63) is 81.7 Å². The van der Waals surface area contributed by atoms with Crippen LogP contribution >= 0.6 is 35.1 Å². The van der Waals surface area contributed by atoms with Crippen molar-refractivity contribution in [2.45, 2.75) is 47.8 Å². The average Bonchev–Trinajstić information content (AvgIpc) is 4.07. The summed E-state index contributed by atoms with van der Waals surface area (Å²) in [6.07, 6.45) is 3.38. The van der Waals surface area contributed by atoms with Gasteiger partial charge in [0.25, 0.3) is 6.47 Å². The molecule has 2 unspecified atom stereocenters. The van der Waals surface area contributed by atoms with Gasteiger partial charge in [0.2, 0.25) is 11.8 Å². The van der Waals surface area contributed by atoms with Gasteiger partial charge in [-0.25, -0.2) is 18.0 Å². The largest absolute Gasteiger partial charge is 1.00 e. The summed E-state index contributed by atoms with van der Waals surface area (Å²) in [7, 11) is 0. The number of carbonyl (C=O) groups excluding carboxylic acids is 3. The predicted molar refractivity (Wildman–Crippen MR) is 202 cm³/mol. The summed E-state index contributed by atoms with van der Waals surface area (Å²) >= 11 is 7.59. The van der Waals surface area contributed by atoms with Crippen molar-refractivity contribution in [2.24, 2.45) is 15.9 Å². The molecule has 2 atom stereocenters. The Morgan fingerprint density at radius 3 is 1.93 bits per heavy atom. The van der Waals surface area contributed by atoms with Gasteiger partial charge in [-0.05, 0) is 92.8 Å². The number of aliphatic imine (C=N–C) groups is 1. The van der Waals surface area contributed by atoms with Crippen molar-refractivity contribution in [3.8, 4) is 0 Å². The number of benzene rings is 2. The van der Waals surface area contributed by atoms with Crippen LogP contribution in [-0.4, -0.2) is 108 Å². The van der Waals surface area contributed by atoms with E-state index in [4.69, 9.17) is 47.4 Å². The molecule has 320 valence electrons. The van der Waals surface area contributed by atoms with Crippen LogP contribution in [-0.2, 0) is 32.1 Å². The van der Waals surface area contributed by atoms with E-state index in [2.05, 4.69) is 50.9 Å². The third kappa shape index (κ3) is 16.6. The molecule has 2 heterocycles. The van der Waals surface area contributed by atoms with Gasteiger partial charge in [-0.3, -0.25) is 30.1 Å². The van der Waals surface area contributed by atoms with Gasteiger partial charge in [-0.2, -0.15) is 0 Å². The Hall–Kier alpha value is -4.28. The maximum atomic E-state index is 13.5. The fourth-order valence-electron chi connectivity index (χ4n) is 5.22. The molecule has 0 saturated heterocycles. The number of nitrogens with one attached hydrogen (secondary N) is 3. The van der Waals surface area contributed by atoms with E-state index in [-0.39, 0.29) is 142 Å². The summed E-state index contributed by atoms with van der Waals surface area (Å²) in [5.74, 6) is -0.997. The predicted octanol–water partition coefficient (Wildman–Crippen LogP) is -2.32. The minimum Gasteiger partial charge on any atom is -0.662 e. The number of aromatic nitrogens is 4. The molecule has 2 aliphatic rings. The molecule has 0 aliphatic heterocycles. The number of hydrogen-bond acceptors (Lipinski definition) is 20. The zero-order valence-corrected chi connectivity index (χ0v) is 36.0. The number of halogens is 3. The van der Waals surface area contributed by atoms with E-state index in [0.29, 0.717) is 6.42 Å². The number of thioether (sulfide) groups is 2. The van der Waals surface area contributed by atoms with Crippen molar-refractivity contribution < 1.29 is 92.8 Å². The van der Waals surface area contributed by atoms with E-state index in [1.54, 1.807) is 12.1 Å². The van der Waals surface area contributed by atoms with Crippen molar-refractivity contribution >= 4 is 64.4 Å². The molecule has 2 aromatic heterocycles. The van der Waals surface area contributed by atoms with E-state index in [0.717, 1.165) is 59.5 Å². The molecule has 9 N–H and O–H groups in total. The number of oxime groups is 1. The van der Waals surface area contributed by atoms with Crippen LogP contribution in [0.15, 0.2) is 65.9 Å². The Kier molecular flexibility index (Phi) is 24.4. The van der Waals surface area contributed by atoms with Gasteiger partial charge in [0.15, 0.2) is 32.4 Å². The topological polar surface area (TPSA) is 329 Å². The standard InChI is InChI=1S/C16H18FN5O4S.C9H10FN.C7H9ClN4O4S.CH2O3.Na/c17-10-3-1-9-2-4-12(11(9)7-10)19-15(20-25)14-16(22-26-21-14)27-8-13(24)18-5-6-23;10-7-3-1-6-2-4-9(11)8(6)5-7;8-6(10-15)5-7(12-16-11-5)17-3-4(14)9-1-2-13;2-1-4-3;/h1,3,7,12,23,25H,2,4-6,8H2,(H,18,24)(H,19,20);1,3,5,9H,2,4,11H2;13,15H,1-3H2,(H,9,14);1,3H;/q;;;;+1/p-1/b;;10-6-;;. The first-order chi connectivity index (χ1) is 28.5. The van der Waals surface area contributed by atoms with Crippen LogP contribution in [0.4, 0.5) is 8.78 Å². The zero-order valence-electron chi connectivity index (χ0n) is 31.6.